The van der Waals surface area contributed by atoms with Gasteiger partial charge in [0.25, 0.3) is 0 Å². The molecule has 0 heterocycles. The molecule has 16 heavy (non-hydrogen) atoms. The Bertz CT molecular complexity index is 611. The molecule has 1 aliphatic carbocycles. The maximum atomic E-state index is 11.2. The van der Waals surface area contributed by atoms with E-state index < -0.39 is 13.7 Å². The van der Waals surface area contributed by atoms with E-state index in [1.165, 1.54) is 0 Å². The normalized spacial score (nSPS) is 18.8. The van der Waals surface area contributed by atoms with E-state index in [2.05, 4.69) is 0 Å². The first-order valence-electron chi connectivity index (χ1n) is 5.11. The molecule has 0 N–H and O–H groups in total. The van der Waals surface area contributed by atoms with E-state index >= 15 is 0 Å². The van der Waals surface area contributed by atoms with Crippen LogP contribution in [0.5, 0.6) is 0 Å². The van der Waals surface area contributed by atoms with Crippen LogP contribution in [0.25, 0.3) is 16.8 Å². The zero-order chi connectivity index (χ0) is 11.1. The van der Waals surface area contributed by atoms with Crippen molar-refractivity contribution in [3.05, 3.63) is 53.6 Å². The number of hydrogen-bond donors (Lipinski definition) is 0. The maximum Gasteiger partial charge on any atom is 0.321 e. The lowest BCUT2D eigenvalue weighted by atomic mass is 9.93. The van der Waals surface area contributed by atoms with E-state index in [4.69, 9.17) is 0 Å². The number of allylic oxidation sites excluding steroid dienone is 1. The van der Waals surface area contributed by atoms with E-state index in [0.29, 0.717) is 0 Å². The van der Waals surface area contributed by atoms with E-state index in [9.17, 15) is 9.46 Å². The summed E-state index contributed by atoms with van der Waals surface area (Å²) < 4.78 is 11.2. The van der Waals surface area contributed by atoms with Crippen LogP contribution in [0.1, 0.15) is 16.8 Å². The molecule has 2 aromatic rings. The van der Waals surface area contributed by atoms with Gasteiger partial charge in [-0.25, -0.2) is 0 Å². The van der Waals surface area contributed by atoms with Crippen molar-refractivity contribution < 1.29 is 9.46 Å². The minimum Gasteiger partial charge on any atom is -0.595 e. The third kappa shape index (κ3) is 1.31. The summed E-state index contributed by atoms with van der Waals surface area (Å²) in [5.41, 5.74) is 1.52. The second-order valence-electron chi connectivity index (χ2n) is 3.88. The Kier molecular flexibility index (Phi) is 2.13. The van der Waals surface area contributed by atoms with Crippen molar-refractivity contribution in [2.75, 3.05) is 0 Å². The van der Waals surface area contributed by atoms with Crippen LogP contribution in [0.3, 0.4) is 0 Å². The molecular weight excluding hydrogens is 219 g/mol. The summed E-state index contributed by atoms with van der Waals surface area (Å²) in [7, 11) is -2.46. The van der Waals surface area contributed by atoms with Crippen molar-refractivity contribution in [2.24, 2.45) is 0 Å². The van der Waals surface area contributed by atoms with Gasteiger partial charge >= 0.3 is 8.03 Å². The Hall–Kier alpha value is -1.50. The molecule has 78 valence electrons. The molecule has 3 heteroatoms. The third-order valence-corrected chi connectivity index (χ3v) is 3.88. The van der Waals surface area contributed by atoms with Gasteiger partial charge in [-0.1, -0.05) is 47.0 Å². The predicted octanol–water partition coefficient (Wildman–Crippen LogP) is 3.01. The highest BCUT2D eigenvalue weighted by Crippen LogP contribution is 2.43. The summed E-state index contributed by atoms with van der Waals surface area (Å²) in [6, 6.07) is 11.8. The van der Waals surface area contributed by atoms with Crippen molar-refractivity contribution in [1.82, 2.24) is 0 Å². The Morgan fingerprint density at radius 1 is 1.12 bits per heavy atom. The molecule has 1 aliphatic rings. The molecule has 0 amide bonds. The fraction of sp³-hybridized carbons (Fsp3) is 0.0769. The molecule has 2 atom stereocenters. The lowest BCUT2D eigenvalue weighted by Crippen LogP contribution is -2.02. The average Bonchev–Trinajstić information content (AvgIpc) is 2.30. The SMILES string of the molecule is O=[P+]([O-])C1C=Cc2cccc3cccc1c23. The summed E-state index contributed by atoms with van der Waals surface area (Å²) in [6.45, 7) is 0. The number of hydrogen-bond acceptors (Lipinski definition) is 2. The first kappa shape index (κ1) is 9.71. The molecule has 3 rings (SSSR count). The van der Waals surface area contributed by atoms with Crippen molar-refractivity contribution in [3.63, 3.8) is 0 Å². The van der Waals surface area contributed by atoms with Gasteiger partial charge in [0.2, 0.25) is 0 Å². The molecule has 0 saturated heterocycles. The molecule has 0 aromatic heterocycles. The van der Waals surface area contributed by atoms with Crippen LogP contribution in [0.15, 0.2) is 42.5 Å². The molecule has 0 bridgehead atoms. The second-order valence-corrected chi connectivity index (χ2v) is 5.01. The van der Waals surface area contributed by atoms with E-state index in [1.54, 1.807) is 6.08 Å². The van der Waals surface area contributed by atoms with Crippen LogP contribution in [-0.4, -0.2) is 0 Å². The van der Waals surface area contributed by atoms with Gasteiger partial charge < -0.3 is 4.89 Å². The second kappa shape index (κ2) is 3.51. The highest BCUT2D eigenvalue weighted by molar-refractivity contribution is 7.37. The molecule has 0 spiro atoms. The van der Waals surface area contributed by atoms with Crippen LogP contribution >= 0.6 is 8.03 Å². The lowest BCUT2D eigenvalue weighted by Gasteiger charge is -2.15. The molecule has 0 aliphatic heterocycles. The minimum absolute atomic E-state index is 0.478. The van der Waals surface area contributed by atoms with Crippen molar-refractivity contribution in [3.8, 4) is 0 Å². The lowest BCUT2D eigenvalue weighted by molar-refractivity contribution is -0.165. The smallest absolute Gasteiger partial charge is 0.321 e. The van der Waals surface area contributed by atoms with Gasteiger partial charge in [0.15, 0.2) is 5.66 Å². The fourth-order valence-corrected chi connectivity index (χ4v) is 2.94. The van der Waals surface area contributed by atoms with Gasteiger partial charge in [-0.05, 0) is 22.4 Å². The van der Waals surface area contributed by atoms with Gasteiger partial charge in [-0.3, -0.25) is 0 Å². The van der Waals surface area contributed by atoms with E-state index in [1.807, 2.05) is 42.5 Å². The molecular formula is C13H9O2P. The number of rotatable bonds is 1. The fourth-order valence-electron chi connectivity index (χ4n) is 2.27. The Morgan fingerprint density at radius 2 is 1.88 bits per heavy atom. The summed E-state index contributed by atoms with van der Waals surface area (Å²) in [5, 5.41) is 2.16. The first-order valence-corrected chi connectivity index (χ1v) is 6.35. The summed E-state index contributed by atoms with van der Waals surface area (Å²) in [4.78, 5) is 11.2. The van der Waals surface area contributed by atoms with Crippen LogP contribution in [-0.2, 0) is 4.57 Å². The quantitative estimate of drug-likeness (QED) is 0.704. The molecule has 0 fully saturated rings. The van der Waals surface area contributed by atoms with Gasteiger partial charge in [-0.2, -0.15) is 0 Å². The molecule has 0 radical (unpaired) electrons. The Labute approximate surface area is 94.1 Å². The van der Waals surface area contributed by atoms with E-state index in [0.717, 1.165) is 21.9 Å². The maximum absolute atomic E-state index is 11.2. The molecule has 0 saturated carbocycles. The minimum atomic E-state index is -2.46. The highest BCUT2D eigenvalue weighted by atomic mass is 31.1. The van der Waals surface area contributed by atoms with Crippen LogP contribution in [0.4, 0.5) is 0 Å². The topological polar surface area (TPSA) is 40.1 Å². The summed E-state index contributed by atoms with van der Waals surface area (Å²) in [5.74, 6) is 0. The Balaban J connectivity index is 2.40. The monoisotopic (exact) mass is 228 g/mol. The predicted molar refractivity (Wildman–Crippen MR) is 63.3 cm³/mol. The third-order valence-electron chi connectivity index (χ3n) is 2.97. The van der Waals surface area contributed by atoms with Crippen molar-refractivity contribution in [2.45, 2.75) is 5.66 Å². The van der Waals surface area contributed by atoms with Crippen molar-refractivity contribution in [1.29, 1.82) is 0 Å². The summed E-state index contributed by atoms with van der Waals surface area (Å²) in [6.07, 6.45) is 3.65. The largest absolute Gasteiger partial charge is 0.595 e. The first-order chi connectivity index (χ1) is 7.77. The van der Waals surface area contributed by atoms with Crippen LogP contribution in [0, 0.1) is 0 Å². The van der Waals surface area contributed by atoms with Gasteiger partial charge in [0.1, 0.15) is 0 Å². The average molecular weight is 228 g/mol. The van der Waals surface area contributed by atoms with Gasteiger partial charge in [0.05, 0.1) is 0 Å². The zero-order valence-corrected chi connectivity index (χ0v) is 9.35. The molecule has 2 aromatic carbocycles. The number of benzene rings is 2. The zero-order valence-electron chi connectivity index (χ0n) is 8.46. The Morgan fingerprint density at radius 3 is 2.62 bits per heavy atom. The van der Waals surface area contributed by atoms with Crippen LogP contribution in [0.2, 0.25) is 0 Å². The van der Waals surface area contributed by atoms with Gasteiger partial charge in [-0.15, -0.1) is 0 Å². The molecule has 2 unspecified atom stereocenters. The van der Waals surface area contributed by atoms with Gasteiger partial charge in [0, 0.05) is 5.56 Å². The van der Waals surface area contributed by atoms with Crippen molar-refractivity contribution >= 4 is 24.9 Å². The van der Waals surface area contributed by atoms with Crippen LogP contribution < -0.4 is 4.89 Å². The van der Waals surface area contributed by atoms with E-state index in [-0.39, 0.29) is 0 Å². The standard InChI is InChI=1S/C13H9O2P/c14-16(15)12-8-7-10-4-1-3-9-5-2-6-11(12)13(9)10/h1-8,12H. The summed E-state index contributed by atoms with van der Waals surface area (Å²) >= 11 is 0. The molecule has 2 nitrogen and oxygen atoms in total. The highest BCUT2D eigenvalue weighted by Gasteiger charge is 2.26.